The molecule has 1 aromatic rings. The van der Waals surface area contributed by atoms with Crippen LogP contribution in [0.2, 0.25) is 0 Å². The van der Waals surface area contributed by atoms with Crippen molar-refractivity contribution in [2.45, 2.75) is 14.7 Å². The predicted molar refractivity (Wildman–Crippen MR) is 76.5 cm³/mol. The Balaban J connectivity index is 3.12. The first-order valence-corrected chi connectivity index (χ1v) is 8.28. The Kier molecular flexibility index (Phi) is 4.96. The third-order valence-electron chi connectivity index (χ3n) is 2.30. The molecule has 1 rings (SSSR count). The van der Waals surface area contributed by atoms with Crippen molar-refractivity contribution in [1.82, 2.24) is 0 Å². The van der Waals surface area contributed by atoms with Crippen LogP contribution in [-0.2, 0) is 9.84 Å². The molecule has 96 valence electrons. The van der Waals surface area contributed by atoms with Crippen LogP contribution in [-0.4, -0.2) is 20.9 Å². The fourth-order valence-electron chi connectivity index (χ4n) is 1.20. The molecule has 7 heteroatoms. The van der Waals surface area contributed by atoms with Crippen molar-refractivity contribution in [2.24, 2.45) is 0 Å². The van der Waals surface area contributed by atoms with Crippen molar-refractivity contribution < 1.29 is 17.9 Å². The maximum absolute atomic E-state index is 12.7. The zero-order valence-corrected chi connectivity index (χ0v) is 13.5. The van der Waals surface area contributed by atoms with Gasteiger partial charge in [0.15, 0.2) is 9.84 Å². The zero-order chi connectivity index (χ0) is 13.3. The van der Waals surface area contributed by atoms with Crippen LogP contribution in [0.4, 0.5) is 4.39 Å². The fraction of sp³-hybridized carbons (Fsp3) is 0.400. The summed E-state index contributed by atoms with van der Waals surface area (Å²) < 4.78 is 34.9. The van der Waals surface area contributed by atoms with Crippen LogP contribution in [0.1, 0.15) is 18.6 Å². The SMILES string of the molecule is CCS(=O)(=O)[C@](Br)(I)[C@@H](O)c1ccc(F)cc1. The average molecular weight is 437 g/mol. The minimum Gasteiger partial charge on any atom is -0.385 e. The minimum absolute atomic E-state index is 0.0978. The Morgan fingerprint density at radius 3 is 2.35 bits per heavy atom. The number of sulfone groups is 1. The number of hydrogen-bond acceptors (Lipinski definition) is 3. The van der Waals surface area contributed by atoms with Crippen molar-refractivity contribution in [2.75, 3.05) is 5.75 Å². The molecular weight excluding hydrogens is 426 g/mol. The highest BCUT2D eigenvalue weighted by atomic mass is 127. The zero-order valence-electron chi connectivity index (χ0n) is 8.90. The summed E-state index contributed by atoms with van der Waals surface area (Å²) >= 11 is 4.68. The molecule has 0 aromatic heterocycles. The normalized spacial score (nSPS) is 17.5. The highest BCUT2D eigenvalue weighted by Crippen LogP contribution is 2.45. The average Bonchev–Trinajstić information content (AvgIpc) is 2.28. The second-order valence-electron chi connectivity index (χ2n) is 3.42. The molecule has 0 spiro atoms. The summed E-state index contributed by atoms with van der Waals surface area (Å²) in [5.41, 5.74) is 0.342. The van der Waals surface area contributed by atoms with E-state index in [9.17, 15) is 17.9 Å². The molecule has 0 radical (unpaired) electrons. The Bertz CT molecular complexity index is 487. The Labute approximate surface area is 122 Å². The lowest BCUT2D eigenvalue weighted by Gasteiger charge is -2.26. The molecule has 0 bridgehead atoms. The van der Waals surface area contributed by atoms with Gasteiger partial charge >= 0.3 is 0 Å². The first-order chi connectivity index (χ1) is 7.72. The van der Waals surface area contributed by atoms with Crippen LogP contribution in [0.5, 0.6) is 0 Å². The smallest absolute Gasteiger partial charge is 0.207 e. The topological polar surface area (TPSA) is 54.4 Å². The molecule has 0 aliphatic rings. The molecule has 17 heavy (non-hydrogen) atoms. The summed E-state index contributed by atoms with van der Waals surface area (Å²) in [7, 11) is -3.50. The molecule has 0 unspecified atom stereocenters. The van der Waals surface area contributed by atoms with Gasteiger partial charge in [0.2, 0.25) is 1.66 Å². The Morgan fingerprint density at radius 2 is 1.94 bits per heavy atom. The van der Waals surface area contributed by atoms with E-state index in [1.165, 1.54) is 31.2 Å². The van der Waals surface area contributed by atoms with E-state index >= 15 is 0 Å². The predicted octanol–water partition coefficient (Wildman–Crippen LogP) is 2.78. The number of halogens is 3. The van der Waals surface area contributed by atoms with Gasteiger partial charge in [-0.25, -0.2) is 12.8 Å². The number of benzene rings is 1. The largest absolute Gasteiger partial charge is 0.385 e. The van der Waals surface area contributed by atoms with E-state index in [0.29, 0.717) is 5.56 Å². The van der Waals surface area contributed by atoms with Gasteiger partial charge in [0, 0.05) is 5.75 Å². The van der Waals surface area contributed by atoms with E-state index in [4.69, 9.17) is 0 Å². The third kappa shape index (κ3) is 3.18. The van der Waals surface area contributed by atoms with E-state index in [-0.39, 0.29) is 5.75 Å². The van der Waals surface area contributed by atoms with Gasteiger partial charge in [0.1, 0.15) is 11.9 Å². The lowest BCUT2D eigenvalue weighted by Crippen LogP contribution is -2.33. The quantitative estimate of drug-likeness (QED) is 0.583. The molecule has 0 fully saturated rings. The standard InChI is InChI=1S/C10H11BrFIO3S/c1-2-17(15,16)10(11,13)9(14)7-3-5-8(12)6-4-7/h3-6,9,14H,2H2,1H3/t9-,10+/m0/s1. The first-order valence-electron chi connectivity index (χ1n) is 4.76. The molecule has 2 atom stereocenters. The number of aliphatic hydroxyl groups is 1. The van der Waals surface area contributed by atoms with E-state index in [1.54, 1.807) is 22.6 Å². The van der Waals surface area contributed by atoms with Crippen molar-refractivity contribution in [1.29, 1.82) is 0 Å². The van der Waals surface area contributed by atoms with E-state index in [1.807, 2.05) is 0 Å². The summed E-state index contributed by atoms with van der Waals surface area (Å²) in [4.78, 5) is 0. The van der Waals surface area contributed by atoms with Gasteiger partial charge in [-0.2, -0.15) is 0 Å². The van der Waals surface area contributed by atoms with Crippen LogP contribution in [0, 0.1) is 5.82 Å². The highest BCUT2D eigenvalue weighted by molar-refractivity contribution is 14.1. The van der Waals surface area contributed by atoms with E-state index in [2.05, 4.69) is 15.9 Å². The molecule has 0 aliphatic carbocycles. The number of aliphatic hydroxyl groups excluding tert-OH is 1. The van der Waals surface area contributed by atoms with Gasteiger partial charge in [-0.05, 0) is 40.3 Å². The summed E-state index contributed by atoms with van der Waals surface area (Å²) in [6, 6.07) is 5.08. The second kappa shape index (κ2) is 5.50. The Hall–Kier alpha value is 0.270. The van der Waals surface area contributed by atoms with Gasteiger partial charge in [-0.3, -0.25) is 0 Å². The molecule has 0 saturated heterocycles. The van der Waals surface area contributed by atoms with E-state index in [0.717, 1.165) is 0 Å². The van der Waals surface area contributed by atoms with Crippen LogP contribution in [0.3, 0.4) is 0 Å². The first kappa shape index (κ1) is 15.3. The van der Waals surface area contributed by atoms with Crippen LogP contribution < -0.4 is 0 Å². The molecule has 3 nitrogen and oxygen atoms in total. The second-order valence-corrected chi connectivity index (χ2v) is 11.6. The van der Waals surface area contributed by atoms with Gasteiger partial charge in [-0.15, -0.1) is 0 Å². The lowest BCUT2D eigenvalue weighted by atomic mass is 10.1. The minimum atomic E-state index is -3.50. The van der Waals surface area contributed by atoms with Crippen molar-refractivity contribution >= 4 is 48.4 Å². The fourth-order valence-corrected chi connectivity index (χ4v) is 4.31. The molecular formula is C10H11BrFIO3S. The van der Waals surface area contributed by atoms with Crippen molar-refractivity contribution in [3.63, 3.8) is 0 Å². The van der Waals surface area contributed by atoms with Crippen molar-refractivity contribution in [3.8, 4) is 0 Å². The monoisotopic (exact) mass is 436 g/mol. The van der Waals surface area contributed by atoms with Crippen LogP contribution in [0.15, 0.2) is 24.3 Å². The van der Waals surface area contributed by atoms with E-state index < -0.39 is 23.4 Å². The van der Waals surface area contributed by atoms with Crippen molar-refractivity contribution in [3.05, 3.63) is 35.6 Å². The Morgan fingerprint density at radius 1 is 1.47 bits per heavy atom. The summed E-state index contributed by atoms with van der Waals surface area (Å²) in [5.74, 6) is -0.535. The van der Waals surface area contributed by atoms with Gasteiger partial charge in [-0.1, -0.05) is 35.0 Å². The molecule has 0 saturated carbocycles. The number of rotatable bonds is 4. The maximum atomic E-state index is 12.7. The summed E-state index contributed by atoms with van der Waals surface area (Å²) in [5, 5.41) is 10.0. The molecule has 0 amide bonds. The molecule has 0 heterocycles. The number of hydrogen-bond donors (Lipinski definition) is 1. The van der Waals surface area contributed by atoms with Crippen LogP contribution in [0.25, 0.3) is 0 Å². The maximum Gasteiger partial charge on any atom is 0.207 e. The molecule has 1 N–H and O–H groups in total. The third-order valence-corrected chi connectivity index (χ3v) is 8.63. The van der Waals surface area contributed by atoms with Crippen LogP contribution >= 0.6 is 38.5 Å². The number of alkyl halides is 2. The van der Waals surface area contributed by atoms with Gasteiger partial charge in [0.25, 0.3) is 0 Å². The lowest BCUT2D eigenvalue weighted by molar-refractivity contribution is 0.191. The summed E-state index contributed by atoms with van der Waals surface area (Å²) in [6.45, 7) is 1.50. The van der Waals surface area contributed by atoms with Gasteiger partial charge < -0.3 is 5.11 Å². The molecule has 0 aliphatic heterocycles. The highest BCUT2D eigenvalue weighted by Gasteiger charge is 2.45. The van der Waals surface area contributed by atoms with Gasteiger partial charge in [0.05, 0.1) is 0 Å². The summed E-state index contributed by atoms with van der Waals surface area (Å²) in [6.07, 6.45) is -1.27. The molecule has 1 aromatic carbocycles.